The molecule has 0 spiro atoms. The first kappa shape index (κ1) is 16.8. The normalized spacial score (nSPS) is 16.6. The Bertz CT molecular complexity index is 338. The van der Waals surface area contributed by atoms with E-state index in [0.29, 0.717) is 12.8 Å². The molecule has 0 unspecified atom stereocenters. The molecule has 6 nitrogen and oxygen atoms in total. The second-order valence-electron chi connectivity index (χ2n) is 5.52. The van der Waals surface area contributed by atoms with E-state index in [2.05, 4.69) is 5.32 Å². The minimum absolute atomic E-state index is 0.0331. The van der Waals surface area contributed by atoms with Crippen molar-refractivity contribution in [2.45, 2.75) is 64.0 Å². The molecule has 0 aromatic rings. The number of carbonyl (C=O) groups is 2. The Hall–Kier alpha value is -1.30. The average molecular weight is 286 g/mol. The van der Waals surface area contributed by atoms with E-state index in [9.17, 15) is 9.59 Å². The van der Waals surface area contributed by atoms with E-state index >= 15 is 0 Å². The number of urea groups is 1. The van der Waals surface area contributed by atoms with Crippen LogP contribution in [0, 0.1) is 0 Å². The lowest BCUT2D eigenvalue weighted by molar-refractivity contribution is -0.139. The number of rotatable bonds is 8. The minimum Gasteiger partial charge on any atom is -0.481 e. The van der Waals surface area contributed by atoms with Crippen LogP contribution in [0.1, 0.15) is 52.4 Å². The zero-order valence-electron chi connectivity index (χ0n) is 12.4. The van der Waals surface area contributed by atoms with Crippen LogP contribution in [0.25, 0.3) is 0 Å². The molecular formula is C14H26N2O4. The summed E-state index contributed by atoms with van der Waals surface area (Å²) in [7, 11) is 0. The third kappa shape index (κ3) is 4.10. The van der Waals surface area contributed by atoms with Gasteiger partial charge < -0.3 is 20.4 Å². The van der Waals surface area contributed by atoms with Gasteiger partial charge in [0.2, 0.25) is 0 Å². The molecule has 1 aliphatic rings. The molecule has 2 amide bonds. The fraction of sp³-hybridized carbons (Fsp3) is 0.857. The number of nitrogens with zero attached hydrogens (tertiary/aromatic N) is 1. The number of nitrogens with one attached hydrogen (secondary N) is 1. The number of hydrogen-bond donors (Lipinski definition) is 3. The van der Waals surface area contributed by atoms with E-state index in [4.69, 9.17) is 10.2 Å². The number of carboxylic acid groups (broad SMARTS) is 1. The van der Waals surface area contributed by atoms with Gasteiger partial charge in [0, 0.05) is 12.6 Å². The summed E-state index contributed by atoms with van der Waals surface area (Å²) < 4.78 is 0. The molecule has 0 saturated heterocycles. The molecule has 1 rings (SSSR count). The molecule has 20 heavy (non-hydrogen) atoms. The molecule has 6 heteroatoms. The summed E-state index contributed by atoms with van der Waals surface area (Å²) >= 11 is 0. The molecule has 0 aromatic heterocycles. The van der Waals surface area contributed by atoms with E-state index in [0.717, 1.165) is 19.3 Å². The van der Waals surface area contributed by atoms with Crippen molar-refractivity contribution < 1.29 is 19.8 Å². The van der Waals surface area contributed by atoms with E-state index in [-0.39, 0.29) is 31.6 Å². The van der Waals surface area contributed by atoms with Gasteiger partial charge in [0.1, 0.15) is 0 Å². The maximum Gasteiger partial charge on any atom is 0.318 e. The Labute approximate surface area is 120 Å². The van der Waals surface area contributed by atoms with Gasteiger partial charge in [-0.1, -0.05) is 13.8 Å². The predicted octanol–water partition coefficient (Wildman–Crippen LogP) is 1.58. The van der Waals surface area contributed by atoms with Crippen LogP contribution >= 0.6 is 0 Å². The van der Waals surface area contributed by atoms with E-state index < -0.39 is 11.5 Å². The van der Waals surface area contributed by atoms with Crippen molar-refractivity contribution in [3.05, 3.63) is 0 Å². The van der Waals surface area contributed by atoms with Crippen LogP contribution in [0.5, 0.6) is 0 Å². The van der Waals surface area contributed by atoms with Crippen LogP contribution in [0.2, 0.25) is 0 Å². The molecule has 116 valence electrons. The van der Waals surface area contributed by atoms with E-state index in [1.54, 1.807) is 4.90 Å². The maximum atomic E-state index is 12.4. The lowest BCUT2D eigenvalue weighted by Gasteiger charge is -2.43. The molecule has 0 aliphatic heterocycles. The first-order valence-corrected chi connectivity index (χ1v) is 7.39. The smallest absolute Gasteiger partial charge is 0.318 e. The topological polar surface area (TPSA) is 89.9 Å². The summed E-state index contributed by atoms with van der Waals surface area (Å²) in [5, 5.41) is 21.0. The van der Waals surface area contributed by atoms with Gasteiger partial charge in [-0.2, -0.15) is 0 Å². The number of amides is 2. The molecule has 1 fully saturated rings. The van der Waals surface area contributed by atoms with E-state index in [1.165, 1.54) is 0 Å². The maximum absolute atomic E-state index is 12.4. The molecule has 3 N–H and O–H groups in total. The molecule has 0 aromatic carbocycles. The predicted molar refractivity (Wildman–Crippen MR) is 75.5 cm³/mol. The summed E-state index contributed by atoms with van der Waals surface area (Å²) in [6, 6.07) is -0.183. The molecule has 0 atom stereocenters. The lowest BCUT2D eigenvalue weighted by Crippen LogP contribution is -2.59. The van der Waals surface area contributed by atoms with Gasteiger partial charge in [-0.05, 0) is 32.1 Å². The minimum atomic E-state index is -0.888. The first-order chi connectivity index (χ1) is 9.48. The van der Waals surface area contributed by atoms with Crippen molar-refractivity contribution in [2.75, 3.05) is 13.2 Å². The quantitative estimate of drug-likeness (QED) is 0.632. The Morgan fingerprint density at radius 3 is 2.25 bits per heavy atom. The first-order valence-electron chi connectivity index (χ1n) is 7.39. The summed E-state index contributed by atoms with van der Waals surface area (Å²) in [6.07, 6.45) is 3.96. The average Bonchev–Trinajstić information content (AvgIpc) is 2.35. The monoisotopic (exact) mass is 286 g/mol. The molecule has 0 radical (unpaired) electrons. The van der Waals surface area contributed by atoms with Crippen molar-refractivity contribution in [2.24, 2.45) is 0 Å². The van der Waals surface area contributed by atoms with Crippen LogP contribution in [-0.4, -0.2) is 51.8 Å². The standard InChI is InChI=1S/C14H26N2O4/c1-3-11(4-2)16(8-9-17)13(20)15-14(6-5-7-14)10-12(18)19/h11,17H,3-10H2,1-2H3,(H,15,20)(H,18,19). The number of aliphatic hydroxyl groups excluding tert-OH is 1. The third-order valence-corrected chi connectivity index (χ3v) is 4.16. The fourth-order valence-corrected chi connectivity index (χ4v) is 2.82. The largest absolute Gasteiger partial charge is 0.481 e. The van der Waals surface area contributed by atoms with Crippen molar-refractivity contribution in [1.29, 1.82) is 0 Å². The highest BCUT2D eigenvalue weighted by Crippen LogP contribution is 2.35. The van der Waals surface area contributed by atoms with Crippen LogP contribution in [0.4, 0.5) is 4.79 Å². The van der Waals surface area contributed by atoms with Crippen LogP contribution < -0.4 is 5.32 Å². The molecule has 1 saturated carbocycles. The Morgan fingerprint density at radius 2 is 1.90 bits per heavy atom. The zero-order valence-corrected chi connectivity index (χ0v) is 12.4. The number of carbonyl (C=O) groups excluding carboxylic acids is 1. The SMILES string of the molecule is CCC(CC)N(CCO)C(=O)NC1(CC(=O)O)CCC1. The van der Waals surface area contributed by atoms with Gasteiger partial charge >= 0.3 is 12.0 Å². The highest BCUT2D eigenvalue weighted by molar-refractivity contribution is 5.77. The fourth-order valence-electron chi connectivity index (χ4n) is 2.82. The number of carboxylic acids is 1. The molecule has 0 bridgehead atoms. The lowest BCUT2D eigenvalue weighted by atomic mass is 9.74. The second kappa shape index (κ2) is 7.47. The van der Waals surface area contributed by atoms with Crippen LogP contribution in [0.15, 0.2) is 0 Å². The third-order valence-electron chi connectivity index (χ3n) is 4.16. The number of hydrogen-bond acceptors (Lipinski definition) is 3. The summed E-state index contributed by atoms with van der Waals surface area (Å²) in [6.45, 7) is 4.20. The molecular weight excluding hydrogens is 260 g/mol. The zero-order chi connectivity index (χ0) is 15.2. The van der Waals surface area contributed by atoms with Gasteiger partial charge in [-0.25, -0.2) is 4.79 Å². The Balaban J connectivity index is 2.71. The van der Waals surface area contributed by atoms with Gasteiger partial charge in [-0.3, -0.25) is 4.79 Å². The van der Waals surface area contributed by atoms with Crippen LogP contribution in [-0.2, 0) is 4.79 Å². The summed E-state index contributed by atoms with van der Waals surface area (Å²) in [5.74, 6) is -0.888. The van der Waals surface area contributed by atoms with Crippen molar-refractivity contribution in [3.63, 3.8) is 0 Å². The summed E-state index contributed by atoms with van der Waals surface area (Å²) in [4.78, 5) is 24.9. The van der Waals surface area contributed by atoms with Gasteiger partial charge in [-0.15, -0.1) is 0 Å². The Morgan fingerprint density at radius 1 is 1.30 bits per heavy atom. The van der Waals surface area contributed by atoms with Crippen molar-refractivity contribution >= 4 is 12.0 Å². The second-order valence-corrected chi connectivity index (χ2v) is 5.52. The Kier molecular flexibility index (Phi) is 6.26. The van der Waals surface area contributed by atoms with Gasteiger partial charge in [0.25, 0.3) is 0 Å². The van der Waals surface area contributed by atoms with Crippen LogP contribution in [0.3, 0.4) is 0 Å². The van der Waals surface area contributed by atoms with Crippen molar-refractivity contribution in [3.8, 4) is 0 Å². The van der Waals surface area contributed by atoms with Gasteiger partial charge in [0.15, 0.2) is 0 Å². The summed E-state index contributed by atoms with van der Waals surface area (Å²) in [5.41, 5.74) is -0.595. The molecule has 0 heterocycles. The number of aliphatic hydroxyl groups is 1. The molecule has 1 aliphatic carbocycles. The van der Waals surface area contributed by atoms with Crippen molar-refractivity contribution in [1.82, 2.24) is 10.2 Å². The highest BCUT2D eigenvalue weighted by Gasteiger charge is 2.41. The van der Waals surface area contributed by atoms with E-state index in [1.807, 2.05) is 13.8 Å². The number of aliphatic carboxylic acids is 1. The van der Waals surface area contributed by atoms with Gasteiger partial charge in [0.05, 0.1) is 18.6 Å². The highest BCUT2D eigenvalue weighted by atomic mass is 16.4.